The molecule has 1 heterocycles. The Morgan fingerprint density at radius 3 is 2.74 bits per heavy atom. The summed E-state index contributed by atoms with van der Waals surface area (Å²) in [4.78, 5) is 4.32. The predicted molar refractivity (Wildman–Crippen MR) is 82.6 cm³/mol. The molecule has 0 aliphatic heterocycles. The van der Waals surface area contributed by atoms with E-state index in [1.165, 1.54) is 19.3 Å². The van der Waals surface area contributed by atoms with Crippen LogP contribution in [0.25, 0.3) is 0 Å². The molecule has 1 fully saturated rings. The van der Waals surface area contributed by atoms with Gasteiger partial charge in [0, 0.05) is 12.6 Å². The minimum absolute atomic E-state index is 0.597. The summed E-state index contributed by atoms with van der Waals surface area (Å²) < 4.78 is 0. The highest BCUT2D eigenvalue weighted by Crippen LogP contribution is 2.30. The number of pyridine rings is 1. The standard InChI is InChI=1S/C16H27N3/c1-4-7-18-14-9-15(11-17-10-14)19-16-6-5-12(2)8-13(16)3/h9-13,16,18-19H,4-8H2,1-3H3. The lowest BCUT2D eigenvalue weighted by Gasteiger charge is -2.33. The fourth-order valence-electron chi connectivity index (χ4n) is 2.98. The second-order valence-corrected chi connectivity index (χ2v) is 6.04. The number of anilines is 2. The number of nitrogens with zero attached hydrogens (tertiary/aromatic N) is 1. The minimum Gasteiger partial charge on any atom is -0.384 e. The van der Waals surface area contributed by atoms with Gasteiger partial charge < -0.3 is 10.6 Å². The fraction of sp³-hybridized carbons (Fsp3) is 0.688. The SMILES string of the molecule is CCCNc1cncc(NC2CCC(C)CC2C)c1. The molecule has 0 aromatic carbocycles. The molecule has 19 heavy (non-hydrogen) atoms. The molecular formula is C16H27N3. The molecular weight excluding hydrogens is 234 g/mol. The summed E-state index contributed by atoms with van der Waals surface area (Å²) in [5.41, 5.74) is 2.26. The summed E-state index contributed by atoms with van der Waals surface area (Å²) in [6, 6.07) is 2.77. The highest BCUT2D eigenvalue weighted by atomic mass is 15.0. The molecule has 0 amide bonds. The number of hydrogen-bond donors (Lipinski definition) is 2. The maximum atomic E-state index is 4.32. The van der Waals surface area contributed by atoms with Gasteiger partial charge in [0.1, 0.15) is 0 Å². The Kier molecular flexibility index (Phi) is 5.06. The molecule has 3 unspecified atom stereocenters. The molecule has 0 radical (unpaired) electrons. The first-order valence-electron chi connectivity index (χ1n) is 7.64. The van der Waals surface area contributed by atoms with Crippen LogP contribution in [0.2, 0.25) is 0 Å². The van der Waals surface area contributed by atoms with Crippen LogP contribution in [0.3, 0.4) is 0 Å². The van der Waals surface area contributed by atoms with Crippen molar-refractivity contribution in [3.8, 4) is 0 Å². The quantitative estimate of drug-likeness (QED) is 0.836. The van der Waals surface area contributed by atoms with Gasteiger partial charge in [-0.3, -0.25) is 4.98 Å². The van der Waals surface area contributed by atoms with Crippen molar-refractivity contribution < 1.29 is 0 Å². The smallest absolute Gasteiger partial charge is 0.0549 e. The van der Waals surface area contributed by atoms with Crippen LogP contribution in [0.15, 0.2) is 18.5 Å². The van der Waals surface area contributed by atoms with Gasteiger partial charge in [0.15, 0.2) is 0 Å². The second kappa shape index (κ2) is 6.78. The molecule has 1 aliphatic rings. The summed E-state index contributed by atoms with van der Waals surface area (Å²) in [7, 11) is 0. The number of aromatic nitrogens is 1. The van der Waals surface area contributed by atoms with Crippen LogP contribution in [0, 0.1) is 11.8 Å². The normalized spacial score (nSPS) is 27.0. The number of rotatable bonds is 5. The zero-order chi connectivity index (χ0) is 13.7. The third-order valence-corrected chi connectivity index (χ3v) is 4.10. The van der Waals surface area contributed by atoms with E-state index in [-0.39, 0.29) is 0 Å². The number of hydrogen-bond acceptors (Lipinski definition) is 3. The third kappa shape index (κ3) is 4.12. The van der Waals surface area contributed by atoms with Crippen LogP contribution >= 0.6 is 0 Å². The maximum absolute atomic E-state index is 4.32. The summed E-state index contributed by atoms with van der Waals surface area (Å²) in [5.74, 6) is 1.62. The van der Waals surface area contributed by atoms with Crippen LogP contribution in [0.1, 0.15) is 46.5 Å². The van der Waals surface area contributed by atoms with Crippen molar-refractivity contribution in [2.45, 2.75) is 52.5 Å². The lowest BCUT2D eigenvalue weighted by molar-refractivity contribution is 0.276. The van der Waals surface area contributed by atoms with Crippen molar-refractivity contribution in [2.24, 2.45) is 11.8 Å². The van der Waals surface area contributed by atoms with Crippen molar-refractivity contribution in [3.05, 3.63) is 18.5 Å². The molecule has 2 rings (SSSR count). The average molecular weight is 261 g/mol. The van der Waals surface area contributed by atoms with Gasteiger partial charge in [0.25, 0.3) is 0 Å². The van der Waals surface area contributed by atoms with E-state index in [0.29, 0.717) is 6.04 Å². The predicted octanol–water partition coefficient (Wildman–Crippen LogP) is 4.14. The lowest BCUT2D eigenvalue weighted by Crippen LogP contribution is -2.33. The van der Waals surface area contributed by atoms with E-state index in [1.54, 1.807) is 0 Å². The Bertz CT molecular complexity index is 391. The van der Waals surface area contributed by atoms with Gasteiger partial charge >= 0.3 is 0 Å². The molecule has 2 N–H and O–H groups in total. The zero-order valence-electron chi connectivity index (χ0n) is 12.4. The van der Waals surface area contributed by atoms with E-state index in [0.717, 1.165) is 36.2 Å². The monoisotopic (exact) mass is 261 g/mol. The average Bonchev–Trinajstić information content (AvgIpc) is 2.40. The van der Waals surface area contributed by atoms with E-state index < -0.39 is 0 Å². The topological polar surface area (TPSA) is 37.0 Å². The molecule has 3 nitrogen and oxygen atoms in total. The molecule has 0 saturated heterocycles. The van der Waals surface area contributed by atoms with E-state index >= 15 is 0 Å². The summed E-state index contributed by atoms with van der Waals surface area (Å²) in [5, 5.41) is 7.05. The zero-order valence-corrected chi connectivity index (χ0v) is 12.4. The van der Waals surface area contributed by atoms with Gasteiger partial charge in [-0.05, 0) is 43.6 Å². The fourth-order valence-corrected chi connectivity index (χ4v) is 2.98. The number of nitrogens with one attached hydrogen (secondary N) is 2. The minimum atomic E-state index is 0.597. The molecule has 1 saturated carbocycles. The molecule has 1 aliphatic carbocycles. The molecule has 0 bridgehead atoms. The lowest BCUT2D eigenvalue weighted by atomic mass is 9.80. The van der Waals surface area contributed by atoms with Gasteiger partial charge in [-0.2, -0.15) is 0 Å². The Morgan fingerprint density at radius 2 is 2.00 bits per heavy atom. The summed E-state index contributed by atoms with van der Waals surface area (Å²) in [6.07, 6.45) is 8.90. The molecule has 1 aromatic heterocycles. The largest absolute Gasteiger partial charge is 0.384 e. The van der Waals surface area contributed by atoms with E-state index in [4.69, 9.17) is 0 Å². The summed E-state index contributed by atoms with van der Waals surface area (Å²) >= 11 is 0. The van der Waals surface area contributed by atoms with Crippen molar-refractivity contribution in [1.82, 2.24) is 4.98 Å². The highest BCUT2D eigenvalue weighted by molar-refractivity contribution is 5.54. The molecule has 3 heteroatoms. The Labute approximate surface area is 117 Å². The van der Waals surface area contributed by atoms with Crippen molar-refractivity contribution >= 4 is 11.4 Å². The summed E-state index contributed by atoms with van der Waals surface area (Å²) in [6.45, 7) is 7.90. The van der Waals surface area contributed by atoms with Crippen LogP contribution in [-0.4, -0.2) is 17.6 Å². The van der Waals surface area contributed by atoms with Crippen molar-refractivity contribution in [2.75, 3.05) is 17.2 Å². The van der Waals surface area contributed by atoms with Crippen LogP contribution in [-0.2, 0) is 0 Å². The van der Waals surface area contributed by atoms with Crippen LogP contribution < -0.4 is 10.6 Å². The Hall–Kier alpha value is -1.25. The Balaban J connectivity index is 1.94. The van der Waals surface area contributed by atoms with Gasteiger partial charge in [0.05, 0.1) is 23.8 Å². The van der Waals surface area contributed by atoms with Crippen molar-refractivity contribution in [3.63, 3.8) is 0 Å². The van der Waals surface area contributed by atoms with Gasteiger partial charge in [-0.25, -0.2) is 0 Å². The molecule has 106 valence electrons. The Morgan fingerprint density at radius 1 is 1.21 bits per heavy atom. The van der Waals surface area contributed by atoms with E-state index in [2.05, 4.69) is 42.5 Å². The van der Waals surface area contributed by atoms with E-state index in [9.17, 15) is 0 Å². The van der Waals surface area contributed by atoms with Gasteiger partial charge in [-0.15, -0.1) is 0 Å². The second-order valence-electron chi connectivity index (χ2n) is 6.04. The van der Waals surface area contributed by atoms with Crippen molar-refractivity contribution in [1.29, 1.82) is 0 Å². The first kappa shape index (κ1) is 14.2. The first-order chi connectivity index (χ1) is 9.19. The third-order valence-electron chi connectivity index (χ3n) is 4.10. The maximum Gasteiger partial charge on any atom is 0.0549 e. The van der Waals surface area contributed by atoms with Crippen LogP contribution in [0.5, 0.6) is 0 Å². The molecule has 3 atom stereocenters. The molecule has 1 aromatic rings. The van der Waals surface area contributed by atoms with Crippen LogP contribution in [0.4, 0.5) is 11.4 Å². The van der Waals surface area contributed by atoms with Gasteiger partial charge in [0.2, 0.25) is 0 Å². The highest BCUT2D eigenvalue weighted by Gasteiger charge is 2.25. The van der Waals surface area contributed by atoms with E-state index in [1.807, 2.05) is 12.4 Å². The molecule has 0 spiro atoms. The first-order valence-corrected chi connectivity index (χ1v) is 7.64. The van der Waals surface area contributed by atoms with Gasteiger partial charge in [-0.1, -0.05) is 20.8 Å².